The van der Waals surface area contributed by atoms with Crippen molar-refractivity contribution < 1.29 is 17.9 Å². The molecule has 2 unspecified atom stereocenters. The summed E-state index contributed by atoms with van der Waals surface area (Å²) in [6.07, 6.45) is 1.52. The van der Waals surface area contributed by atoms with Gasteiger partial charge in [-0.05, 0) is 26.0 Å². The van der Waals surface area contributed by atoms with Crippen LogP contribution in [0.25, 0.3) is 11.0 Å². The van der Waals surface area contributed by atoms with E-state index in [1.165, 1.54) is 11.3 Å². The molecule has 1 aliphatic heterocycles. The van der Waals surface area contributed by atoms with E-state index in [2.05, 4.69) is 34.0 Å². The first-order chi connectivity index (χ1) is 15.2. The lowest BCUT2D eigenvalue weighted by Gasteiger charge is -2.34. The normalized spacial score (nSPS) is 20.0. The Labute approximate surface area is 191 Å². The van der Waals surface area contributed by atoms with E-state index in [4.69, 9.17) is 4.74 Å². The van der Waals surface area contributed by atoms with Crippen LogP contribution >= 0.6 is 11.3 Å². The highest BCUT2D eigenvalue weighted by Gasteiger charge is 2.23. The summed E-state index contributed by atoms with van der Waals surface area (Å²) < 4.78 is 31.1. The molecule has 3 aromatic rings. The standard InChI is InChI=1S/C21H27N5O4S2/c1-14-8-25(9-15(2)30-14)10-16-12-31-21(22-16)24-20(27)11-26-18-7-5-4-6-17(18)23-19(26)13-32(3,28)29/h4-7,12,14-15H,8-11,13H2,1-3H3,(H,22,24,27). The van der Waals surface area contributed by atoms with Gasteiger partial charge >= 0.3 is 0 Å². The number of sulfone groups is 1. The number of hydrogen-bond acceptors (Lipinski definition) is 8. The summed E-state index contributed by atoms with van der Waals surface area (Å²) in [5.41, 5.74) is 2.28. The number of morpholine rings is 1. The van der Waals surface area contributed by atoms with Crippen molar-refractivity contribution in [2.24, 2.45) is 0 Å². The number of nitrogens with zero attached hydrogens (tertiary/aromatic N) is 4. The maximum atomic E-state index is 12.8. The lowest BCUT2D eigenvalue weighted by atomic mass is 10.2. The fourth-order valence-corrected chi connectivity index (χ4v) is 5.44. The number of ether oxygens (including phenoxy) is 1. The molecule has 1 aromatic carbocycles. The summed E-state index contributed by atoms with van der Waals surface area (Å²) in [5, 5.41) is 5.31. The highest BCUT2D eigenvalue weighted by molar-refractivity contribution is 7.89. The third-order valence-corrected chi connectivity index (χ3v) is 6.69. The maximum Gasteiger partial charge on any atom is 0.246 e. The number of imidazole rings is 1. The van der Waals surface area contributed by atoms with Gasteiger partial charge in [0.05, 0.1) is 28.9 Å². The first-order valence-electron chi connectivity index (χ1n) is 10.4. The molecular formula is C21H27N5O4S2. The summed E-state index contributed by atoms with van der Waals surface area (Å²) in [4.78, 5) is 24.0. The molecule has 1 amide bonds. The Balaban J connectivity index is 1.44. The van der Waals surface area contributed by atoms with E-state index < -0.39 is 9.84 Å². The van der Waals surface area contributed by atoms with Crippen molar-refractivity contribution in [3.05, 3.63) is 41.2 Å². The van der Waals surface area contributed by atoms with E-state index in [0.29, 0.717) is 23.0 Å². The summed E-state index contributed by atoms with van der Waals surface area (Å²) in [7, 11) is -3.30. The molecule has 3 heterocycles. The quantitative estimate of drug-likeness (QED) is 0.556. The molecule has 1 fully saturated rings. The molecule has 0 bridgehead atoms. The summed E-state index contributed by atoms with van der Waals surface area (Å²) >= 11 is 1.38. The minimum absolute atomic E-state index is 0.0429. The van der Waals surface area contributed by atoms with Crippen LogP contribution in [0.4, 0.5) is 5.13 Å². The lowest BCUT2D eigenvalue weighted by Crippen LogP contribution is -2.44. The zero-order valence-corrected chi connectivity index (χ0v) is 19.9. The largest absolute Gasteiger partial charge is 0.373 e. The fraction of sp³-hybridized carbons (Fsp3) is 0.476. The minimum Gasteiger partial charge on any atom is -0.373 e. The Morgan fingerprint density at radius 2 is 1.94 bits per heavy atom. The first kappa shape index (κ1) is 22.8. The van der Waals surface area contributed by atoms with E-state index in [9.17, 15) is 13.2 Å². The summed E-state index contributed by atoms with van der Waals surface area (Å²) in [6.45, 7) is 6.48. The maximum absolute atomic E-state index is 12.8. The number of thiazole rings is 1. The number of hydrogen-bond donors (Lipinski definition) is 1. The van der Waals surface area contributed by atoms with Gasteiger partial charge in [-0.1, -0.05) is 12.1 Å². The highest BCUT2D eigenvalue weighted by Crippen LogP contribution is 2.21. The van der Waals surface area contributed by atoms with Crippen molar-refractivity contribution in [1.29, 1.82) is 0 Å². The molecule has 1 aliphatic rings. The van der Waals surface area contributed by atoms with Crippen LogP contribution in [0, 0.1) is 0 Å². The van der Waals surface area contributed by atoms with E-state index in [1.807, 2.05) is 23.6 Å². The molecule has 172 valence electrons. The van der Waals surface area contributed by atoms with Gasteiger partial charge in [0.2, 0.25) is 5.91 Å². The van der Waals surface area contributed by atoms with Gasteiger partial charge < -0.3 is 14.6 Å². The molecule has 32 heavy (non-hydrogen) atoms. The molecule has 11 heteroatoms. The fourth-order valence-electron chi connectivity index (χ4n) is 4.03. The van der Waals surface area contributed by atoms with Gasteiger partial charge in [-0.2, -0.15) is 0 Å². The van der Waals surface area contributed by atoms with E-state index in [0.717, 1.165) is 30.6 Å². The van der Waals surface area contributed by atoms with Crippen molar-refractivity contribution in [2.75, 3.05) is 24.7 Å². The molecule has 2 atom stereocenters. The molecule has 4 rings (SSSR count). The van der Waals surface area contributed by atoms with Crippen molar-refractivity contribution in [2.45, 2.75) is 44.9 Å². The van der Waals surface area contributed by atoms with Gasteiger partial charge in [0.1, 0.15) is 18.1 Å². The van der Waals surface area contributed by atoms with Crippen molar-refractivity contribution in [1.82, 2.24) is 19.4 Å². The number of rotatable bonds is 7. The third-order valence-electron chi connectivity index (χ3n) is 5.11. The second-order valence-electron chi connectivity index (χ2n) is 8.32. The van der Waals surface area contributed by atoms with Gasteiger partial charge in [0.15, 0.2) is 15.0 Å². The van der Waals surface area contributed by atoms with Crippen molar-refractivity contribution >= 4 is 43.2 Å². The average molecular weight is 478 g/mol. The van der Waals surface area contributed by atoms with Gasteiger partial charge in [0.25, 0.3) is 0 Å². The van der Waals surface area contributed by atoms with Crippen LogP contribution < -0.4 is 5.32 Å². The van der Waals surface area contributed by atoms with Crippen LogP contribution in [0.3, 0.4) is 0 Å². The number of fused-ring (bicyclic) bond motifs is 1. The van der Waals surface area contributed by atoms with Crippen LogP contribution in [0.15, 0.2) is 29.6 Å². The van der Waals surface area contributed by atoms with Gasteiger partial charge in [0, 0.05) is 31.3 Å². The molecule has 0 radical (unpaired) electrons. The number of para-hydroxylation sites is 2. The second-order valence-corrected chi connectivity index (χ2v) is 11.3. The van der Waals surface area contributed by atoms with E-state index in [1.54, 1.807) is 10.6 Å². The molecular weight excluding hydrogens is 450 g/mol. The third kappa shape index (κ3) is 5.71. The van der Waals surface area contributed by atoms with Gasteiger partial charge in [-0.15, -0.1) is 11.3 Å². The Hall–Kier alpha value is -2.34. The van der Waals surface area contributed by atoms with Crippen LogP contribution in [-0.2, 0) is 38.2 Å². The first-order valence-corrected chi connectivity index (χ1v) is 13.3. The smallest absolute Gasteiger partial charge is 0.246 e. The number of aromatic nitrogens is 3. The van der Waals surface area contributed by atoms with Gasteiger partial charge in [-0.3, -0.25) is 9.69 Å². The lowest BCUT2D eigenvalue weighted by molar-refractivity contribution is -0.116. The monoisotopic (exact) mass is 477 g/mol. The van der Waals surface area contributed by atoms with E-state index in [-0.39, 0.29) is 30.4 Å². The highest BCUT2D eigenvalue weighted by atomic mass is 32.2. The van der Waals surface area contributed by atoms with Gasteiger partial charge in [-0.25, -0.2) is 18.4 Å². The Kier molecular flexibility index (Phi) is 6.61. The minimum atomic E-state index is -3.30. The predicted octanol–water partition coefficient (Wildman–Crippen LogP) is 2.29. The molecule has 0 spiro atoms. The number of amides is 1. The number of nitrogens with one attached hydrogen (secondary N) is 1. The Morgan fingerprint density at radius 1 is 1.22 bits per heavy atom. The molecule has 1 N–H and O–H groups in total. The SMILES string of the molecule is CC1CN(Cc2csc(NC(=O)Cn3c(CS(C)(=O)=O)nc4ccccc43)n2)CC(C)O1. The number of carbonyl (C=O) groups is 1. The number of carbonyl (C=O) groups excluding carboxylic acids is 1. The zero-order chi connectivity index (χ0) is 22.9. The summed E-state index contributed by atoms with van der Waals surface area (Å²) in [5.74, 6) is -0.163. The Morgan fingerprint density at radius 3 is 2.66 bits per heavy atom. The summed E-state index contributed by atoms with van der Waals surface area (Å²) in [6, 6.07) is 7.29. The zero-order valence-electron chi connectivity index (χ0n) is 18.3. The average Bonchev–Trinajstić information content (AvgIpc) is 3.24. The van der Waals surface area contributed by atoms with Crippen LogP contribution in [0.1, 0.15) is 25.4 Å². The Bertz CT molecular complexity index is 1210. The number of benzene rings is 1. The molecule has 1 saturated heterocycles. The van der Waals surface area contributed by atoms with Crippen LogP contribution in [0.5, 0.6) is 0 Å². The van der Waals surface area contributed by atoms with Crippen LogP contribution in [0.2, 0.25) is 0 Å². The van der Waals surface area contributed by atoms with Crippen molar-refractivity contribution in [3.63, 3.8) is 0 Å². The number of anilines is 1. The topological polar surface area (TPSA) is 106 Å². The molecule has 0 saturated carbocycles. The van der Waals surface area contributed by atoms with E-state index >= 15 is 0 Å². The molecule has 9 nitrogen and oxygen atoms in total. The van der Waals surface area contributed by atoms with Crippen LogP contribution in [-0.4, -0.2) is 65.3 Å². The molecule has 0 aliphatic carbocycles. The molecule has 2 aromatic heterocycles. The predicted molar refractivity (Wildman–Crippen MR) is 124 cm³/mol. The van der Waals surface area contributed by atoms with Crippen molar-refractivity contribution in [3.8, 4) is 0 Å². The second kappa shape index (κ2) is 9.26.